The lowest BCUT2D eigenvalue weighted by molar-refractivity contribution is -0.900. The molecular formula is C23H34N5O3+. The van der Waals surface area contributed by atoms with Crippen LogP contribution < -0.4 is 26.8 Å². The Kier molecular flexibility index (Phi) is 7.68. The molecule has 1 aliphatic heterocycles. The molecule has 3 rings (SSSR count). The summed E-state index contributed by atoms with van der Waals surface area (Å²) in [5.74, 6) is 0.461. The van der Waals surface area contributed by atoms with E-state index in [1.54, 1.807) is 0 Å². The molecule has 31 heavy (non-hydrogen) atoms. The van der Waals surface area contributed by atoms with E-state index in [0.717, 1.165) is 37.9 Å². The molecule has 0 aliphatic carbocycles. The molecule has 0 spiro atoms. The molecule has 1 aliphatic rings. The lowest BCUT2D eigenvalue weighted by Gasteiger charge is -2.30. The zero-order chi connectivity index (χ0) is 22.4. The fourth-order valence-electron chi connectivity index (χ4n) is 4.30. The number of aromatic nitrogens is 2. The number of unbranched alkanes of at least 4 members (excludes halogenated alkanes) is 1. The molecular weight excluding hydrogens is 394 g/mol. The van der Waals surface area contributed by atoms with Gasteiger partial charge < -0.3 is 10.6 Å². The first-order valence-electron chi connectivity index (χ1n) is 11.2. The van der Waals surface area contributed by atoms with Crippen LogP contribution in [0.2, 0.25) is 0 Å². The summed E-state index contributed by atoms with van der Waals surface area (Å²) in [6.45, 7) is 7.02. The highest BCUT2D eigenvalue weighted by molar-refractivity contribution is 5.96. The highest BCUT2D eigenvalue weighted by Gasteiger charge is 2.29. The maximum absolute atomic E-state index is 13.4. The van der Waals surface area contributed by atoms with E-state index in [0.29, 0.717) is 19.0 Å². The summed E-state index contributed by atoms with van der Waals surface area (Å²) in [5.41, 5.74) is 6.11. The molecule has 8 nitrogen and oxygen atoms in total. The number of quaternary nitrogens is 1. The number of nitrogens with zero attached hydrogens (tertiary/aromatic N) is 2. The number of H-pyrrole nitrogens is 1. The molecule has 168 valence electrons. The summed E-state index contributed by atoms with van der Waals surface area (Å²) in [4.78, 5) is 43.6. The maximum Gasteiger partial charge on any atom is 0.330 e. The standard InChI is InChI=1S/C23H33N5O3/c1-3-4-13-27-21(24)20(22(30)25-23(27)31)28(15-18-10-6-5-7-11-18)19(29)16-26-12-8-9-17(2)14-26/h5-7,10-11,17H,3-4,8-9,12-16,24H2,1-2H3,(H,25,30,31)/p+1/t17-/m0/s1. The second-order valence-electron chi connectivity index (χ2n) is 8.59. The van der Waals surface area contributed by atoms with Gasteiger partial charge >= 0.3 is 5.69 Å². The molecule has 2 atom stereocenters. The second-order valence-corrected chi connectivity index (χ2v) is 8.59. The fourth-order valence-corrected chi connectivity index (χ4v) is 4.30. The second kappa shape index (κ2) is 10.4. The first-order valence-corrected chi connectivity index (χ1v) is 11.2. The van der Waals surface area contributed by atoms with Gasteiger partial charge in [0.2, 0.25) is 0 Å². The lowest BCUT2D eigenvalue weighted by atomic mass is 10.0. The average molecular weight is 429 g/mol. The van der Waals surface area contributed by atoms with Gasteiger partial charge in [0.1, 0.15) is 5.82 Å². The van der Waals surface area contributed by atoms with Crippen LogP contribution in [0.4, 0.5) is 11.5 Å². The zero-order valence-electron chi connectivity index (χ0n) is 18.5. The van der Waals surface area contributed by atoms with Crippen molar-refractivity contribution in [3.8, 4) is 0 Å². The van der Waals surface area contributed by atoms with Gasteiger partial charge in [-0.3, -0.25) is 24.0 Å². The first kappa shape index (κ1) is 22.8. The van der Waals surface area contributed by atoms with Gasteiger partial charge in [0.15, 0.2) is 12.2 Å². The van der Waals surface area contributed by atoms with Crippen molar-refractivity contribution < 1.29 is 9.69 Å². The quantitative estimate of drug-likeness (QED) is 0.577. The monoisotopic (exact) mass is 428 g/mol. The molecule has 1 aromatic heterocycles. The van der Waals surface area contributed by atoms with Crippen molar-refractivity contribution >= 4 is 17.4 Å². The highest BCUT2D eigenvalue weighted by atomic mass is 16.2. The minimum Gasteiger partial charge on any atom is -0.383 e. The van der Waals surface area contributed by atoms with Crippen LogP contribution in [-0.4, -0.2) is 35.1 Å². The summed E-state index contributed by atoms with van der Waals surface area (Å²) in [7, 11) is 0. The summed E-state index contributed by atoms with van der Waals surface area (Å²) < 4.78 is 1.36. The van der Waals surface area contributed by atoms with Gasteiger partial charge in [0.25, 0.3) is 11.5 Å². The van der Waals surface area contributed by atoms with Crippen LogP contribution in [0.15, 0.2) is 39.9 Å². The molecule has 1 fully saturated rings. The predicted octanol–water partition coefficient (Wildman–Crippen LogP) is 0.767. The number of nitrogen functional groups attached to an aromatic ring is 1. The minimum atomic E-state index is -0.624. The number of aromatic amines is 1. The summed E-state index contributed by atoms with van der Waals surface area (Å²) in [6, 6.07) is 9.51. The van der Waals surface area contributed by atoms with Gasteiger partial charge in [0, 0.05) is 12.5 Å². The van der Waals surface area contributed by atoms with Gasteiger partial charge in [-0.05, 0) is 24.8 Å². The third kappa shape index (κ3) is 5.64. The number of piperidine rings is 1. The van der Waals surface area contributed by atoms with Crippen LogP contribution in [0.1, 0.15) is 45.1 Å². The molecule has 0 saturated carbocycles. The van der Waals surface area contributed by atoms with Gasteiger partial charge in [-0.2, -0.15) is 0 Å². The predicted molar refractivity (Wildman–Crippen MR) is 122 cm³/mol. The Morgan fingerprint density at radius 2 is 2.03 bits per heavy atom. The molecule has 1 saturated heterocycles. The van der Waals surface area contributed by atoms with E-state index < -0.39 is 11.2 Å². The van der Waals surface area contributed by atoms with E-state index in [4.69, 9.17) is 5.73 Å². The number of nitrogens with one attached hydrogen (secondary N) is 2. The maximum atomic E-state index is 13.4. The van der Waals surface area contributed by atoms with Crippen molar-refractivity contribution in [3.63, 3.8) is 0 Å². The topological polar surface area (TPSA) is 106 Å². The number of carbonyl (C=O) groups excluding carboxylic acids is 1. The van der Waals surface area contributed by atoms with Crippen molar-refractivity contribution in [1.29, 1.82) is 0 Å². The van der Waals surface area contributed by atoms with E-state index >= 15 is 0 Å². The lowest BCUT2D eigenvalue weighted by Crippen LogP contribution is -3.14. The Balaban J connectivity index is 1.98. The van der Waals surface area contributed by atoms with Crippen LogP contribution in [0.25, 0.3) is 0 Å². The number of likely N-dealkylation sites (tertiary alicyclic amines) is 1. The van der Waals surface area contributed by atoms with Gasteiger partial charge in [0.05, 0.1) is 19.6 Å². The first-order chi connectivity index (χ1) is 14.9. The van der Waals surface area contributed by atoms with Crippen molar-refractivity contribution in [3.05, 3.63) is 56.7 Å². The van der Waals surface area contributed by atoms with E-state index in [-0.39, 0.29) is 24.0 Å². The number of hydrogen-bond acceptors (Lipinski definition) is 4. The summed E-state index contributed by atoms with van der Waals surface area (Å²) in [6.07, 6.45) is 3.90. The number of nitrogens with two attached hydrogens (primary N) is 1. The third-order valence-corrected chi connectivity index (χ3v) is 5.97. The van der Waals surface area contributed by atoms with Crippen molar-refractivity contribution in [1.82, 2.24) is 9.55 Å². The summed E-state index contributed by atoms with van der Waals surface area (Å²) in [5, 5.41) is 0. The Bertz CT molecular complexity index is 999. The van der Waals surface area contributed by atoms with Crippen LogP contribution in [0, 0.1) is 5.92 Å². The Morgan fingerprint density at radius 1 is 1.29 bits per heavy atom. The Morgan fingerprint density at radius 3 is 2.71 bits per heavy atom. The molecule has 1 amide bonds. The normalized spacial score (nSPS) is 18.6. The smallest absolute Gasteiger partial charge is 0.330 e. The van der Waals surface area contributed by atoms with E-state index in [2.05, 4.69) is 11.9 Å². The number of benzene rings is 1. The van der Waals surface area contributed by atoms with Crippen LogP contribution in [0.5, 0.6) is 0 Å². The summed E-state index contributed by atoms with van der Waals surface area (Å²) >= 11 is 0. The molecule has 2 aromatic rings. The number of amides is 1. The van der Waals surface area contributed by atoms with E-state index in [1.165, 1.54) is 20.8 Å². The molecule has 4 N–H and O–H groups in total. The third-order valence-electron chi connectivity index (χ3n) is 5.97. The Labute approximate surface area is 182 Å². The van der Waals surface area contributed by atoms with Gasteiger partial charge in [-0.15, -0.1) is 0 Å². The van der Waals surface area contributed by atoms with E-state index in [1.807, 2.05) is 37.3 Å². The fraction of sp³-hybridized carbons (Fsp3) is 0.522. The van der Waals surface area contributed by atoms with Gasteiger partial charge in [-0.1, -0.05) is 50.6 Å². The zero-order valence-corrected chi connectivity index (χ0v) is 18.5. The number of anilines is 2. The SMILES string of the molecule is CCCCn1c(N)c(N(Cc2ccccc2)C(=O)C[NH+]2CCC[C@H](C)C2)c(=O)[nH]c1=O. The molecule has 0 bridgehead atoms. The molecule has 1 aromatic carbocycles. The number of rotatable bonds is 8. The number of hydrogen-bond donors (Lipinski definition) is 3. The Hall–Kier alpha value is -2.87. The van der Waals surface area contributed by atoms with Crippen molar-refractivity contribution in [2.45, 2.75) is 52.6 Å². The van der Waals surface area contributed by atoms with Crippen molar-refractivity contribution in [2.24, 2.45) is 5.92 Å². The van der Waals surface area contributed by atoms with Crippen LogP contribution in [0.3, 0.4) is 0 Å². The number of carbonyl (C=O) groups is 1. The average Bonchev–Trinajstić information content (AvgIpc) is 2.73. The largest absolute Gasteiger partial charge is 0.383 e. The highest BCUT2D eigenvalue weighted by Crippen LogP contribution is 2.20. The molecule has 0 radical (unpaired) electrons. The molecule has 2 heterocycles. The van der Waals surface area contributed by atoms with E-state index in [9.17, 15) is 14.4 Å². The molecule has 1 unspecified atom stereocenters. The van der Waals surface area contributed by atoms with Gasteiger partial charge in [-0.25, -0.2) is 4.79 Å². The minimum absolute atomic E-state index is 0.0495. The van der Waals surface area contributed by atoms with Crippen LogP contribution in [-0.2, 0) is 17.9 Å². The van der Waals surface area contributed by atoms with Crippen molar-refractivity contribution in [2.75, 3.05) is 30.3 Å². The molecule has 8 heteroatoms. The van der Waals surface area contributed by atoms with Crippen LogP contribution >= 0.6 is 0 Å².